The lowest BCUT2D eigenvalue weighted by molar-refractivity contribution is -0.120. The van der Waals surface area contributed by atoms with Gasteiger partial charge in [0.15, 0.2) is 5.76 Å². The summed E-state index contributed by atoms with van der Waals surface area (Å²) in [5.74, 6) is 1.67. The molecule has 2 aromatic heterocycles. The number of rotatable bonds is 6. The van der Waals surface area contributed by atoms with Gasteiger partial charge in [-0.15, -0.1) is 0 Å². The van der Waals surface area contributed by atoms with Gasteiger partial charge in [-0.25, -0.2) is 0 Å². The van der Waals surface area contributed by atoms with Crippen LogP contribution in [0.2, 0.25) is 0 Å². The molecule has 0 aromatic carbocycles. The van der Waals surface area contributed by atoms with Crippen LogP contribution in [0.15, 0.2) is 22.7 Å². The van der Waals surface area contributed by atoms with Crippen LogP contribution in [-0.4, -0.2) is 29.7 Å². The zero-order valence-corrected chi connectivity index (χ0v) is 11.1. The molecule has 0 bridgehead atoms. The van der Waals surface area contributed by atoms with Crippen LogP contribution in [0.25, 0.3) is 11.5 Å². The highest BCUT2D eigenvalue weighted by Gasteiger charge is 2.10. The van der Waals surface area contributed by atoms with E-state index in [1.54, 1.807) is 13.2 Å². The van der Waals surface area contributed by atoms with Crippen molar-refractivity contribution >= 4 is 5.91 Å². The van der Waals surface area contributed by atoms with Crippen molar-refractivity contribution in [1.29, 1.82) is 0 Å². The van der Waals surface area contributed by atoms with E-state index in [2.05, 4.69) is 20.8 Å². The fraction of sp³-hybridized carbons (Fsp3) is 0.385. The molecule has 3 N–H and O–H groups in total. The lowest BCUT2D eigenvalue weighted by Gasteiger charge is -2.04. The van der Waals surface area contributed by atoms with Crippen LogP contribution >= 0.6 is 0 Å². The number of aromatic nitrogens is 2. The minimum Gasteiger partial charge on any atom is -0.460 e. The second kappa shape index (κ2) is 6.19. The quantitative estimate of drug-likeness (QED) is 0.683. The molecule has 1 amide bonds. The third-order valence-electron chi connectivity index (χ3n) is 2.83. The summed E-state index contributed by atoms with van der Waals surface area (Å²) < 4.78 is 5.57. The maximum Gasteiger partial charge on any atom is 0.221 e. The topological polar surface area (TPSA) is 83.0 Å². The van der Waals surface area contributed by atoms with Gasteiger partial charge in [0.25, 0.3) is 0 Å². The van der Waals surface area contributed by atoms with E-state index in [1.807, 2.05) is 19.1 Å². The Kier molecular flexibility index (Phi) is 4.35. The molecule has 0 saturated heterocycles. The van der Waals surface area contributed by atoms with Gasteiger partial charge in [-0.2, -0.15) is 5.10 Å². The zero-order valence-electron chi connectivity index (χ0n) is 11.1. The predicted octanol–water partition coefficient (Wildman–Crippen LogP) is 1.20. The third kappa shape index (κ3) is 3.45. The van der Waals surface area contributed by atoms with E-state index in [4.69, 9.17) is 4.42 Å². The lowest BCUT2D eigenvalue weighted by Crippen LogP contribution is -2.24. The van der Waals surface area contributed by atoms with Gasteiger partial charge in [-0.3, -0.25) is 9.89 Å². The van der Waals surface area contributed by atoms with Gasteiger partial charge in [0.05, 0.1) is 6.20 Å². The Hall–Kier alpha value is -2.08. The number of hydrogen-bond acceptors (Lipinski definition) is 4. The molecule has 0 radical (unpaired) electrons. The average Bonchev–Trinajstić information content (AvgIpc) is 3.02. The Labute approximate surface area is 111 Å². The van der Waals surface area contributed by atoms with E-state index in [0.717, 1.165) is 22.8 Å². The van der Waals surface area contributed by atoms with E-state index < -0.39 is 0 Å². The molecule has 2 rings (SSSR count). The van der Waals surface area contributed by atoms with Crippen molar-refractivity contribution < 1.29 is 9.21 Å². The fourth-order valence-electron chi connectivity index (χ4n) is 1.78. The van der Waals surface area contributed by atoms with Crippen LogP contribution in [0.1, 0.15) is 17.7 Å². The molecule has 102 valence electrons. The number of nitrogens with zero attached hydrogens (tertiary/aromatic N) is 1. The third-order valence-corrected chi connectivity index (χ3v) is 2.83. The summed E-state index contributed by atoms with van der Waals surface area (Å²) in [6, 6.07) is 3.83. The molecule has 0 atom stereocenters. The van der Waals surface area contributed by atoms with Crippen molar-refractivity contribution in [3.05, 3.63) is 29.7 Å². The first-order valence-corrected chi connectivity index (χ1v) is 6.21. The van der Waals surface area contributed by atoms with Crippen LogP contribution in [0.3, 0.4) is 0 Å². The molecule has 0 fully saturated rings. The van der Waals surface area contributed by atoms with Crippen LogP contribution < -0.4 is 10.6 Å². The molecule has 0 unspecified atom stereocenters. The molecule has 0 spiro atoms. The van der Waals surface area contributed by atoms with Gasteiger partial charge in [-0.05, 0) is 19.1 Å². The summed E-state index contributed by atoms with van der Waals surface area (Å²) >= 11 is 0. The normalized spacial score (nSPS) is 10.6. The van der Waals surface area contributed by atoms with Crippen molar-refractivity contribution in [2.75, 3.05) is 13.6 Å². The molecule has 6 nitrogen and oxygen atoms in total. The molecule has 0 aliphatic heterocycles. The SMILES string of the molecule is CNC(=O)CCNCc1cn[nH]c1-c1ccc(C)o1. The second-order valence-electron chi connectivity index (χ2n) is 4.28. The monoisotopic (exact) mass is 262 g/mol. The van der Waals surface area contributed by atoms with Gasteiger partial charge in [0, 0.05) is 32.1 Å². The second-order valence-corrected chi connectivity index (χ2v) is 4.28. The molecule has 0 aliphatic carbocycles. The predicted molar refractivity (Wildman–Crippen MR) is 71.4 cm³/mol. The highest BCUT2D eigenvalue weighted by molar-refractivity contribution is 5.75. The van der Waals surface area contributed by atoms with Gasteiger partial charge in [0.2, 0.25) is 5.91 Å². The molecule has 0 aliphatic rings. The largest absolute Gasteiger partial charge is 0.460 e. The summed E-state index contributed by atoms with van der Waals surface area (Å²) in [7, 11) is 1.63. The Morgan fingerprint density at radius 3 is 3.00 bits per heavy atom. The molecule has 19 heavy (non-hydrogen) atoms. The first kappa shape index (κ1) is 13.4. The van der Waals surface area contributed by atoms with E-state index in [1.165, 1.54) is 0 Å². The molecular weight excluding hydrogens is 244 g/mol. The highest BCUT2D eigenvalue weighted by atomic mass is 16.3. The van der Waals surface area contributed by atoms with Crippen LogP contribution in [0.5, 0.6) is 0 Å². The maximum atomic E-state index is 11.1. The average molecular weight is 262 g/mol. The number of furan rings is 1. The molecule has 6 heteroatoms. The smallest absolute Gasteiger partial charge is 0.221 e. The number of carbonyl (C=O) groups is 1. The van der Waals surface area contributed by atoms with Crippen LogP contribution in [0.4, 0.5) is 0 Å². The zero-order chi connectivity index (χ0) is 13.7. The number of H-pyrrole nitrogens is 1. The minimum absolute atomic E-state index is 0.0292. The standard InChI is InChI=1S/C13H18N4O2/c1-9-3-4-11(19-9)13-10(8-16-17-13)7-15-6-5-12(18)14-2/h3-4,8,15H,5-7H2,1-2H3,(H,14,18)(H,16,17). The van der Waals surface area contributed by atoms with E-state index >= 15 is 0 Å². The number of hydrogen-bond donors (Lipinski definition) is 3. The van der Waals surface area contributed by atoms with Crippen molar-refractivity contribution in [3.63, 3.8) is 0 Å². The molecule has 2 aromatic rings. The summed E-state index contributed by atoms with van der Waals surface area (Å²) in [6.07, 6.45) is 2.23. The Morgan fingerprint density at radius 1 is 1.47 bits per heavy atom. The maximum absolute atomic E-state index is 11.1. The molecule has 2 heterocycles. The number of amides is 1. The number of carbonyl (C=O) groups excluding carboxylic acids is 1. The first-order valence-electron chi connectivity index (χ1n) is 6.21. The summed E-state index contributed by atoms with van der Waals surface area (Å²) in [4.78, 5) is 11.1. The van der Waals surface area contributed by atoms with E-state index in [9.17, 15) is 4.79 Å². The Morgan fingerprint density at radius 2 is 2.32 bits per heavy atom. The Bertz CT molecular complexity index is 544. The fourth-order valence-corrected chi connectivity index (χ4v) is 1.78. The van der Waals surface area contributed by atoms with Gasteiger partial charge in [-0.1, -0.05) is 0 Å². The van der Waals surface area contributed by atoms with Crippen molar-refractivity contribution in [3.8, 4) is 11.5 Å². The van der Waals surface area contributed by atoms with Crippen molar-refractivity contribution in [1.82, 2.24) is 20.8 Å². The van der Waals surface area contributed by atoms with Gasteiger partial charge in [0.1, 0.15) is 11.5 Å². The van der Waals surface area contributed by atoms with Crippen molar-refractivity contribution in [2.24, 2.45) is 0 Å². The Balaban J connectivity index is 1.91. The van der Waals surface area contributed by atoms with Gasteiger partial charge < -0.3 is 15.1 Å². The number of aryl methyl sites for hydroxylation is 1. The van der Waals surface area contributed by atoms with Crippen LogP contribution in [-0.2, 0) is 11.3 Å². The van der Waals surface area contributed by atoms with E-state index in [0.29, 0.717) is 19.5 Å². The molecule has 0 saturated carbocycles. The van der Waals surface area contributed by atoms with E-state index in [-0.39, 0.29) is 5.91 Å². The van der Waals surface area contributed by atoms with Crippen molar-refractivity contribution in [2.45, 2.75) is 19.9 Å². The summed E-state index contributed by atoms with van der Waals surface area (Å²) in [6.45, 7) is 3.17. The number of nitrogens with one attached hydrogen (secondary N) is 3. The van der Waals surface area contributed by atoms with Gasteiger partial charge >= 0.3 is 0 Å². The highest BCUT2D eigenvalue weighted by Crippen LogP contribution is 2.23. The minimum atomic E-state index is 0.0292. The first-order chi connectivity index (χ1) is 9.20. The lowest BCUT2D eigenvalue weighted by atomic mass is 10.2. The molecular formula is C13H18N4O2. The summed E-state index contributed by atoms with van der Waals surface area (Å²) in [5.41, 5.74) is 1.90. The summed E-state index contributed by atoms with van der Waals surface area (Å²) in [5, 5.41) is 12.8. The number of aromatic amines is 1. The van der Waals surface area contributed by atoms with Crippen LogP contribution in [0, 0.1) is 6.92 Å².